The number of hydrogen-bond donors (Lipinski definition) is 2. The van der Waals surface area contributed by atoms with E-state index in [2.05, 4.69) is 39.4 Å². The fourth-order valence-corrected chi connectivity index (χ4v) is 3.14. The van der Waals surface area contributed by atoms with Crippen LogP contribution in [0.1, 0.15) is 45.6 Å². The van der Waals surface area contributed by atoms with Gasteiger partial charge in [0.1, 0.15) is 0 Å². The Hall–Kier alpha value is -1.82. The van der Waals surface area contributed by atoms with E-state index >= 15 is 0 Å². The van der Waals surface area contributed by atoms with Crippen molar-refractivity contribution < 1.29 is 4.74 Å². The summed E-state index contributed by atoms with van der Waals surface area (Å²) in [6, 6.07) is 3.95. The molecule has 0 unspecified atom stereocenters. The number of piperidine rings is 1. The van der Waals surface area contributed by atoms with Crippen molar-refractivity contribution in [3.8, 4) is 5.88 Å². The first-order valence-electron chi connectivity index (χ1n) is 9.33. The highest BCUT2D eigenvalue weighted by Gasteiger charge is 2.27. The van der Waals surface area contributed by atoms with Crippen LogP contribution < -0.4 is 15.4 Å². The number of rotatable bonds is 7. The summed E-state index contributed by atoms with van der Waals surface area (Å²) in [6.45, 7) is 11.0. The van der Waals surface area contributed by atoms with Crippen LogP contribution in [0, 0.1) is 0 Å². The van der Waals surface area contributed by atoms with Crippen LogP contribution in [0.15, 0.2) is 23.3 Å². The summed E-state index contributed by atoms with van der Waals surface area (Å²) in [5.41, 5.74) is 1.14. The molecule has 0 aromatic carbocycles. The second-order valence-corrected chi connectivity index (χ2v) is 7.04. The fraction of sp³-hybridized carbons (Fsp3) is 0.684. The van der Waals surface area contributed by atoms with E-state index < -0.39 is 0 Å². The van der Waals surface area contributed by atoms with Crippen LogP contribution in [0.2, 0.25) is 0 Å². The van der Waals surface area contributed by atoms with Gasteiger partial charge in [-0.2, -0.15) is 0 Å². The molecule has 2 rings (SSSR count). The van der Waals surface area contributed by atoms with E-state index in [4.69, 9.17) is 4.74 Å². The van der Waals surface area contributed by atoms with E-state index in [1.807, 2.05) is 19.1 Å². The fourth-order valence-electron chi connectivity index (χ4n) is 3.14. The van der Waals surface area contributed by atoms with Gasteiger partial charge in [-0.3, -0.25) is 9.89 Å². The third-order valence-corrected chi connectivity index (χ3v) is 4.70. The highest BCUT2D eigenvalue weighted by Crippen LogP contribution is 2.19. The lowest BCUT2D eigenvalue weighted by Gasteiger charge is -2.41. The molecule has 25 heavy (non-hydrogen) atoms. The van der Waals surface area contributed by atoms with E-state index in [-0.39, 0.29) is 5.54 Å². The molecular formula is C19H33N5O. The topological polar surface area (TPSA) is 61.8 Å². The van der Waals surface area contributed by atoms with E-state index in [1.54, 1.807) is 13.2 Å². The van der Waals surface area contributed by atoms with Crippen molar-refractivity contribution in [2.75, 3.05) is 33.3 Å². The molecular weight excluding hydrogens is 314 g/mol. The van der Waals surface area contributed by atoms with Gasteiger partial charge in [0, 0.05) is 37.4 Å². The monoisotopic (exact) mass is 347 g/mol. The zero-order valence-electron chi connectivity index (χ0n) is 16.1. The Morgan fingerprint density at radius 3 is 2.72 bits per heavy atom. The predicted molar refractivity (Wildman–Crippen MR) is 103 cm³/mol. The molecule has 1 fully saturated rings. The van der Waals surface area contributed by atoms with Crippen molar-refractivity contribution in [2.45, 2.75) is 52.1 Å². The number of nitrogens with one attached hydrogen (secondary N) is 2. The van der Waals surface area contributed by atoms with Gasteiger partial charge in [-0.1, -0.05) is 12.5 Å². The lowest BCUT2D eigenvalue weighted by atomic mass is 9.98. The molecule has 1 saturated heterocycles. The van der Waals surface area contributed by atoms with Gasteiger partial charge in [-0.05, 0) is 52.8 Å². The second-order valence-electron chi connectivity index (χ2n) is 7.04. The van der Waals surface area contributed by atoms with Gasteiger partial charge in [0.2, 0.25) is 5.88 Å². The van der Waals surface area contributed by atoms with Crippen molar-refractivity contribution in [1.82, 2.24) is 20.5 Å². The van der Waals surface area contributed by atoms with Gasteiger partial charge in [0.05, 0.1) is 6.61 Å². The Labute approximate surface area is 152 Å². The van der Waals surface area contributed by atoms with E-state index in [1.165, 1.54) is 32.4 Å². The maximum Gasteiger partial charge on any atom is 0.218 e. The molecule has 1 aliphatic heterocycles. The Balaban J connectivity index is 1.86. The zero-order chi connectivity index (χ0) is 18.1. The molecule has 6 nitrogen and oxygen atoms in total. The highest BCUT2D eigenvalue weighted by molar-refractivity contribution is 5.79. The quantitative estimate of drug-likeness (QED) is 0.586. The smallest absolute Gasteiger partial charge is 0.218 e. The van der Waals surface area contributed by atoms with Crippen molar-refractivity contribution in [3.63, 3.8) is 0 Å². The van der Waals surface area contributed by atoms with E-state index in [0.29, 0.717) is 19.0 Å². The average Bonchev–Trinajstić information content (AvgIpc) is 2.64. The molecule has 140 valence electrons. The number of aliphatic imine (C=N–C) groups is 1. The van der Waals surface area contributed by atoms with Crippen LogP contribution in [0.5, 0.6) is 5.88 Å². The van der Waals surface area contributed by atoms with Crippen LogP contribution in [-0.2, 0) is 6.54 Å². The van der Waals surface area contributed by atoms with Gasteiger partial charge in [0.15, 0.2) is 5.96 Å². The second kappa shape index (κ2) is 9.61. The van der Waals surface area contributed by atoms with Gasteiger partial charge >= 0.3 is 0 Å². The molecule has 0 saturated carbocycles. The van der Waals surface area contributed by atoms with Gasteiger partial charge in [-0.25, -0.2) is 4.98 Å². The van der Waals surface area contributed by atoms with Crippen LogP contribution in [0.4, 0.5) is 0 Å². The summed E-state index contributed by atoms with van der Waals surface area (Å²) in [4.78, 5) is 11.2. The lowest BCUT2D eigenvalue weighted by molar-refractivity contribution is 0.0982. The number of aromatic nitrogens is 1. The number of nitrogens with zero attached hydrogens (tertiary/aromatic N) is 3. The zero-order valence-corrected chi connectivity index (χ0v) is 16.1. The molecule has 1 aliphatic rings. The number of guanidine groups is 1. The van der Waals surface area contributed by atoms with Crippen LogP contribution in [-0.4, -0.2) is 54.7 Å². The van der Waals surface area contributed by atoms with Gasteiger partial charge in [0.25, 0.3) is 0 Å². The summed E-state index contributed by atoms with van der Waals surface area (Å²) in [5.74, 6) is 1.48. The molecule has 0 radical (unpaired) electrons. The molecule has 0 spiro atoms. The Morgan fingerprint density at radius 2 is 2.04 bits per heavy atom. The summed E-state index contributed by atoms with van der Waals surface area (Å²) in [7, 11) is 1.80. The number of hydrogen-bond acceptors (Lipinski definition) is 4. The Morgan fingerprint density at radius 1 is 1.28 bits per heavy atom. The number of likely N-dealkylation sites (tertiary alicyclic amines) is 1. The average molecular weight is 348 g/mol. The minimum Gasteiger partial charge on any atom is -0.478 e. The molecule has 0 atom stereocenters. The minimum atomic E-state index is 0.114. The summed E-state index contributed by atoms with van der Waals surface area (Å²) in [6.07, 6.45) is 5.72. The van der Waals surface area contributed by atoms with Crippen LogP contribution >= 0.6 is 0 Å². The number of pyridine rings is 1. The molecule has 0 aliphatic carbocycles. The molecule has 2 N–H and O–H groups in total. The number of ether oxygens (including phenoxy) is 1. The summed E-state index contributed by atoms with van der Waals surface area (Å²) in [5, 5.41) is 6.83. The highest BCUT2D eigenvalue weighted by atomic mass is 16.5. The summed E-state index contributed by atoms with van der Waals surface area (Å²) >= 11 is 0. The molecule has 6 heteroatoms. The molecule has 1 aromatic heterocycles. The maximum absolute atomic E-state index is 5.58. The van der Waals surface area contributed by atoms with Crippen molar-refractivity contribution >= 4 is 5.96 Å². The van der Waals surface area contributed by atoms with E-state index in [9.17, 15) is 0 Å². The van der Waals surface area contributed by atoms with Crippen LogP contribution in [0.25, 0.3) is 0 Å². The maximum atomic E-state index is 5.58. The van der Waals surface area contributed by atoms with Gasteiger partial charge in [-0.15, -0.1) is 0 Å². The normalized spacial score (nSPS) is 16.6. The molecule has 0 bridgehead atoms. The van der Waals surface area contributed by atoms with Gasteiger partial charge < -0.3 is 15.4 Å². The lowest BCUT2D eigenvalue weighted by Crippen LogP contribution is -2.54. The SMILES string of the molecule is CCOc1ncccc1CNC(=NC)NCC(C)(C)N1CCCCC1. The first-order chi connectivity index (χ1) is 12.1. The minimum absolute atomic E-state index is 0.114. The molecule has 2 heterocycles. The third kappa shape index (κ3) is 5.88. The first-order valence-corrected chi connectivity index (χ1v) is 9.33. The first kappa shape index (κ1) is 19.5. The molecule has 0 amide bonds. The van der Waals surface area contributed by atoms with E-state index in [0.717, 1.165) is 18.1 Å². The van der Waals surface area contributed by atoms with Crippen LogP contribution in [0.3, 0.4) is 0 Å². The molecule has 1 aromatic rings. The van der Waals surface area contributed by atoms with Crippen molar-refractivity contribution in [2.24, 2.45) is 4.99 Å². The Bertz CT molecular complexity index is 553. The standard InChI is InChI=1S/C19H33N5O/c1-5-25-17-16(10-9-11-21-17)14-22-18(20-4)23-15-19(2,3)24-12-7-6-8-13-24/h9-11H,5-8,12-15H2,1-4H3,(H2,20,22,23). The van der Waals surface area contributed by atoms with Crippen molar-refractivity contribution in [3.05, 3.63) is 23.9 Å². The largest absolute Gasteiger partial charge is 0.478 e. The summed E-state index contributed by atoms with van der Waals surface area (Å²) < 4.78 is 5.58. The van der Waals surface area contributed by atoms with Crippen molar-refractivity contribution in [1.29, 1.82) is 0 Å². The predicted octanol–water partition coefficient (Wildman–Crippen LogP) is 2.41. The third-order valence-electron chi connectivity index (χ3n) is 4.70. The Kier molecular flexibility index (Phi) is 7.50.